The quantitative estimate of drug-likeness (QED) is 0.825. The molecule has 6 heteroatoms. The summed E-state index contributed by atoms with van der Waals surface area (Å²) in [4.78, 5) is 11.6. The van der Waals surface area contributed by atoms with Gasteiger partial charge in [-0.3, -0.25) is 9.88 Å². The Hall–Kier alpha value is -2.34. The Morgan fingerprint density at radius 1 is 1.07 bits per heavy atom. The first kappa shape index (κ1) is 18.0. The van der Waals surface area contributed by atoms with Gasteiger partial charge in [0.1, 0.15) is 25.1 Å². The summed E-state index contributed by atoms with van der Waals surface area (Å²) in [5, 5.41) is 0. The fraction of sp³-hybridized carbons (Fsp3) is 0.524. The smallest absolute Gasteiger partial charge is 0.257 e. The molecule has 6 nitrogen and oxygen atoms in total. The molecule has 144 valence electrons. The van der Waals surface area contributed by atoms with Gasteiger partial charge in [-0.25, -0.2) is 4.98 Å². The highest BCUT2D eigenvalue weighted by molar-refractivity contribution is 5.37. The van der Waals surface area contributed by atoms with Gasteiger partial charge in [0.25, 0.3) is 5.88 Å². The van der Waals surface area contributed by atoms with Gasteiger partial charge in [0.15, 0.2) is 5.75 Å². The van der Waals surface area contributed by atoms with Crippen LogP contribution in [0.3, 0.4) is 0 Å². The lowest BCUT2D eigenvalue weighted by molar-refractivity contribution is 0.119. The minimum absolute atomic E-state index is 0.169. The second-order valence-corrected chi connectivity index (χ2v) is 7.82. The standard InChI is InChI=1S/C21H27N3O3/c1-14-11-17(12-15(2)22-14)27-16-7-8-24(13-16)21(3,4)19-6-5-18-20(23-19)26-10-9-25-18/h5-6,11-12,16H,7-10,13H2,1-4H3/t16-/m0/s1. The van der Waals surface area contributed by atoms with E-state index >= 15 is 0 Å². The first-order valence-electron chi connectivity index (χ1n) is 9.56. The molecule has 4 rings (SSSR count). The molecular weight excluding hydrogens is 342 g/mol. The Bertz CT molecular complexity index is 817. The lowest BCUT2D eigenvalue weighted by atomic mass is 9.97. The molecule has 0 spiro atoms. The Labute approximate surface area is 160 Å². The van der Waals surface area contributed by atoms with Crippen LogP contribution in [-0.4, -0.2) is 47.3 Å². The number of rotatable bonds is 4. The molecule has 2 aromatic rings. The predicted octanol–water partition coefficient (Wildman–Crippen LogP) is 3.25. The third-order valence-electron chi connectivity index (χ3n) is 5.33. The van der Waals surface area contributed by atoms with Gasteiger partial charge in [-0.05, 0) is 46.2 Å². The topological polar surface area (TPSA) is 56.7 Å². The molecule has 2 aliphatic heterocycles. The first-order chi connectivity index (χ1) is 12.9. The number of likely N-dealkylation sites (tertiary alicyclic amines) is 1. The minimum atomic E-state index is -0.210. The monoisotopic (exact) mass is 369 g/mol. The molecule has 27 heavy (non-hydrogen) atoms. The highest BCUT2D eigenvalue weighted by atomic mass is 16.6. The third kappa shape index (κ3) is 3.72. The Kier molecular flexibility index (Phi) is 4.68. The number of aryl methyl sites for hydroxylation is 2. The fourth-order valence-corrected chi connectivity index (χ4v) is 3.82. The van der Waals surface area contributed by atoms with E-state index in [-0.39, 0.29) is 11.6 Å². The summed E-state index contributed by atoms with van der Waals surface area (Å²) >= 11 is 0. The normalized spacial score (nSPS) is 19.9. The van der Waals surface area contributed by atoms with Crippen molar-refractivity contribution in [1.82, 2.24) is 14.9 Å². The number of ether oxygens (including phenoxy) is 3. The number of pyridine rings is 2. The summed E-state index contributed by atoms with van der Waals surface area (Å²) in [5.41, 5.74) is 2.75. The molecule has 0 amide bonds. The van der Waals surface area contributed by atoms with E-state index in [4.69, 9.17) is 19.2 Å². The maximum atomic E-state index is 6.24. The number of nitrogens with zero attached hydrogens (tertiary/aromatic N) is 3. The summed E-state index contributed by atoms with van der Waals surface area (Å²) < 4.78 is 17.5. The average molecular weight is 369 g/mol. The van der Waals surface area contributed by atoms with Gasteiger partial charge in [0.2, 0.25) is 0 Å². The number of aromatic nitrogens is 2. The van der Waals surface area contributed by atoms with Crippen molar-refractivity contribution in [3.63, 3.8) is 0 Å². The molecule has 0 aliphatic carbocycles. The Morgan fingerprint density at radius 2 is 1.81 bits per heavy atom. The Balaban J connectivity index is 1.47. The van der Waals surface area contributed by atoms with E-state index in [0.29, 0.717) is 19.1 Å². The zero-order valence-electron chi connectivity index (χ0n) is 16.5. The molecule has 0 aromatic carbocycles. The molecule has 1 atom stereocenters. The van der Waals surface area contributed by atoms with E-state index in [1.807, 2.05) is 38.1 Å². The van der Waals surface area contributed by atoms with Gasteiger partial charge in [0, 0.05) is 36.6 Å². The first-order valence-corrected chi connectivity index (χ1v) is 9.56. The molecule has 0 radical (unpaired) electrons. The molecule has 0 N–H and O–H groups in total. The van der Waals surface area contributed by atoms with E-state index in [2.05, 4.69) is 23.7 Å². The van der Waals surface area contributed by atoms with E-state index in [1.165, 1.54) is 0 Å². The number of hydrogen-bond donors (Lipinski definition) is 0. The molecule has 1 saturated heterocycles. The van der Waals surface area contributed by atoms with Crippen LogP contribution < -0.4 is 14.2 Å². The zero-order valence-corrected chi connectivity index (χ0v) is 16.5. The van der Waals surface area contributed by atoms with Gasteiger partial charge in [-0.1, -0.05) is 0 Å². The van der Waals surface area contributed by atoms with Crippen LogP contribution in [0.15, 0.2) is 24.3 Å². The zero-order chi connectivity index (χ0) is 19.0. The maximum Gasteiger partial charge on any atom is 0.257 e. The summed E-state index contributed by atoms with van der Waals surface area (Å²) in [6.07, 6.45) is 1.16. The van der Waals surface area contributed by atoms with Crippen LogP contribution in [0.4, 0.5) is 0 Å². The largest absolute Gasteiger partial charge is 0.489 e. The third-order valence-corrected chi connectivity index (χ3v) is 5.33. The molecule has 0 unspecified atom stereocenters. The fourth-order valence-electron chi connectivity index (χ4n) is 3.82. The highest BCUT2D eigenvalue weighted by Crippen LogP contribution is 2.35. The van der Waals surface area contributed by atoms with Crippen molar-refractivity contribution in [1.29, 1.82) is 0 Å². The molecule has 0 bridgehead atoms. The van der Waals surface area contributed by atoms with E-state index in [9.17, 15) is 0 Å². The number of fused-ring (bicyclic) bond motifs is 1. The van der Waals surface area contributed by atoms with Crippen LogP contribution in [0.5, 0.6) is 17.4 Å². The van der Waals surface area contributed by atoms with Crippen LogP contribution in [-0.2, 0) is 5.54 Å². The summed E-state index contributed by atoms with van der Waals surface area (Å²) in [6.45, 7) is 11.4. The maximum absolute atomic E-state index is 6.24. The minimum Gasteiger partial charge on any atom is -0.489 e. The lowest BCUT2D eigenvalue weighted by Crippen LogP contribution is -2.41. The molecule has 2 aliphatic rings. The SMILES string of the molecule is Cc1cc(O[C@H]2CCN(C(C)(C)c3ccc4c(n3)OCCO4)C2)cc(C)n1. The van der Waals surface area contributed by atoms with Gasteiger partial charge in [-0.2, -0.15) is 0 Å². The predicted molar refractivity (Wildman–Crippen MR) is 103 cm³/mol. The van der Waals surface area contributed by atoms with Crippen molar-refractivity contribution < 1.29 is 14.2 Å². The summed E-state index contributed by atoms with van der Waals surface area (Å²) in [7, 11) is 0. The summed E-state index contributed by atoms with van der Waals surface area (Å²) in [5.74, 6) is 2.23. The van der Waals surface area contributed by atoms with Gasteiger partial charge >= 0.3 is 0 Å². The van der Waals surface area contributed by atoms with Crippen LogP contribution in [0.2, 0.25) is 0 Å². The second-order valence-electron chi connectivity index (χ2n) is 7.82. The van der Waals surface area contributed by atoms with Crippen LogP contribution in [0.1, 0.15) is 37.4 Å². The van der Waals surface area contributed by atoms with Crippen molar-refractivity contribution in [2.75, 3.05) is 26.3 Å². The van der Waals surface area contributed by atoms with Gasteiger partial charge in [0.05, 0.1) is 11.2 Å². The Morgan fingerprint density at radius 3 is 2.59 bits per heavy atom. The molecular formula is C21H27N3O3. The highest BCUT2D eigenvalue weighted by Gasteiger charge is 2.37. The van der Waals surface area contributed by atoms with Crippen molar-refractivity contribution in [2.45, 2.75) is 45.8 Å². The summed E-state index contributed by atoms with van der Waals surface area (Å²) in [6, 6.07) is 8.01. The number of hydrogen-bond acceptors (Lipinski definition) is 6. The van der Waals surface area contributed by atoms with Crippen molar-refractivity contribution in [3.05, 3.63) is 41.3 Å². The molecule has 0 saturated carbocycles. The van der Waals surface area contributed by atoms with E-state index < -0.39 is 0 Å². The molecule has 1 fully saturated rings. The van der Waals surface area contributed by atoms with Crippen LogP contribution in [0, 0.1) is 13.8 Å². The van der Waals surface area contributed by atoms with Crippen molar-refractivity contribution in [3.8, 4) is 17.4 Å². The average Bonchev–Trinajstić information content (AvgIpc) is 3.09. The van der Waals surface area contributed by atoms with Gasteiger partial charge in [-0.15, -0.1) is 0 Å². The van der Waals surface area contributed by atoms with Crippen molar-refractivity contribution in [2.24, 2.45) is 0 Å². The van der Waals surface area contributed by atoms with Crippen molar-refractivity contribution >= 4 is 0 Å². The molecule has 4 heterocycles. The van der Waals surface area contributed by atoms with Gasteiger partial charge < -0.3 is 14.2 Å². The van der Waals surface area contributed by atoms with Crippen LogP contribution >= 0.6 is 0 Å². The van der Waals surface area contributed by atoms with Crippen LogP contribution in [0.25, 0.3) is 0 Å². The second kappa shape index (κ2) is 7.00. The molecule has 2 aromatic heterocycles. The van der Waals surface area contributed by atoms with E-state index in [1.54, 1.807) is 0 Å². The lowest BCUT2D eigenvalue weighted by Gasteiger charge is -2.35. The van der Waals surface area contributed by atoms with E-state index in [0.717, 1.165) is 48.1 Å².